The standard InChI is InChI=1S/C17H19N3O3S.Mg.H2O4S.4H2O/c1-10-8-18-15(11(2)16(10)23-4)9-24(21)17-19-13-6-5-12(22-3)7-14(13)20-17;;1-5(2,3)4;;;;/h5-8H,9H2,1-4H3,(H,19,20);;(H2,1,2,3,4);4*1H2/q;+2;;;;;/p-2/t24-;;;;;;/m0....../s1. The molecule has 34 heavy (non-hydrogen) atoms. The molecule has 2 heterocycles. The number of pyridine rings is 1. The van der Waals surface area contributed by atoms with E-state index in [0.717, 1.165) is 39.4 Å². The molecule has 0 bridgehead atoms. The zero-order chi connectivity index (χ0) is 21.8. The van der Waals surface area contributed by atoms with Crippen LogP contribution >= 0.6 is 0 Å². The molecule has 190 valence electrons. The second kappa shape index (κ2) is 16.7. The summed E-state index contributed by atoms with van der Waals surface area (Å²) in [4.78, 5) is 11.9. The van der Waals surface area contributed by atoms with E-state index in [4.69, 9.17) is 27.0 Å². The summed E-state index contributed by atoms with van der Waals surface area (Å²) in [5.74, 6) is 1.79. The molecule has 0 aliphatic heterocycles. The summed E-state index contributed by atoms with van der Waals surface area (Å²) in [7, 11) is -3.26. The Kier molecular flexibility index (Phi) is 19.2. The minimum absolute atomic E-state index is 0. The molecule has 0 spiro atoms. The van der Waals surface area contributed by atoms with Gasteiger partial charge in [-0.2, -0.15) is 0 Å². The SMILES string of the molecule is COc1ccc2nc([S@@](=O)Cc3ncc(C)c(OC)c3C)[nH]c2c1.O.O.O.O.O=S(=O)([O-])[O-].[Mg+2]. The number of methoxy groups -OCH3 is 2. The van der Waals surface area contributed by atoms with Gasteiger partial charge in [0.1, 0.15) is 11.5 Å². The normalized spacial score (nSPS) is 10.4. The first-order valence-electron chi connectivity index (χ1n) is 8.11. The first-order chi connectivity index (χ1) is 13.5. The van der Waals surface area contributed by atoms with Gasteiger partial charge in [0.25, 0.3) is 0 Å². The number of nitrogens with one attached hydrogen (secondary N) is 1. The monoisotopic (exact) mass is 537 g/mol. The number of aromatic amines is 1. The largest absolute Gasteiger partial charge is 2.00 e. The molecule has 9 N–H and O–H groups in total. The van der Waals surface area contributed by atoms with Gasteiger partial charge in [0.15, 0.2) is 5.16 Å². The molecular weight excluding hydrogens is 511 g/mol. The summed E-state index contributed by atoms with van der Waals surface area (Å²) in [5.41, 5.74) is 4.16. The number of hydrogen-bond donors (Lipinski definition) is 1. The Balaban J connectivity index is -0.000000411. The minimum Gasteiger partial charge on any atom is -0.759 e. The Morgan fingerprint density at radius 2 is 1.62 bits per heavy atom. The molecule has 0 unspecified atom stereocenters. The van der Waals surface area contributed by atoms with Gasteiger partial charge in [-0.25, -0.2) is 4.98 Å². The summed E-state index contributed by atoms with van der Waals surface area (Å²) < 4.78 is 57.4. The molecule has 0 fully saturated rings. The van der Waals surface area contributed by atoms with Gasteiger partial charge < -0.3 is 45.5 Å². The quantitative estimate of drug-likeness (QED) is 0.211. The summed E-state index contributed by atoms with van der Waals surface area (Å²) >= 11 is 0. The van der Waals surface area contributed by atoms with Crippen LogP contribution in [0.3, 0.4) is 0 Å². The molecule has 0 aliphatic rings. The van der Waals surface area contributed by atoms with E-state index in [-0.39, 0.29) is 50.7 Å². The van der Waals surface area contributed by atoms with Crippen molar-refractivity contribution in [1.82, 2.24) is 15.0 Å². The van der Waals surface area contributed by atoms with Crippen molar-refractivity contribution in [2.45, 2.75) is 24.8 Å². The van der Waals surface area contributed by atoms with Crippen LogP contribution in [-0.4, -0.2) is 95.9 Å². The molecule has 1 aromatic carbocycles. The van der Waals surface area contributed by atoms with Crippen LogP contribution in [0.25, 0.3) is 11.0 Å². The molecular formula is C17H27MgN3O11S2. The van der Waals surface area contributed by atoms with E-state index >= 15 is 0 Å². The van der Waals surface area contributed by atoms with E-state index in [1.54, 1.807) is 20.4 Å². The van der Waals surface area contributed by atoms with Crippen LogP contribution in [-0.2, 0) is 27.0 Å². The third-order valence-corrected chi connectivity index (χ3v) is 5.06. The Bertz CT molecular complexity index is 1150. The molecule has 2 aromatic heterocycles. The van der Waals surface area contributed by atoms with Crippen molar-refractivity contribution in [2.24, 2.45) is 0 Å². The van der Waals surface area contributed by atoms with Gasteiger partial charge in [0.2, 0.25) is 0 Å². The van der Waals surface area contributed by atoms with Crippen molar-refractivity contribution in [1.29, 1.82) is 0 Å². The molecule has 0 radical (unpaired) electrons. The number of aromatic nitrogens is 3. The zero-order valence-corrected chi connectivity index (χ0v) is 21.8. The van der Waals surface area contributed by atoms with E-state index in [1.165, 1.54) is 0 Å². The molecule has 0 saturated carbocycles. The number of fused-ring (bicyclic) bond motifs is 1. The van der Waals surface area contributed by atoms with Crippen LogP contribution in [0.1, 0.15) is 16.8 Å². The van der Waals surface area contributed by atoms with Crippen LogP contribution in [0.4, 0.5) is 0 Å². The molecule has 3 aromatic rings. The summed E-state index contributed by atoms with van der Waals surface area (Å²) in [6.07, 6.45) is 1.74. The molecule has 0 amide bonds. The van der Waals surface area contributed by atoms with Crippen LogP contribution in [0, 0.1) is 13.8 Å². The maximum atomic E-state index is 12.7. The van der Waals surface area contributed by atoms with E-state index in [9.17, 15) is 4.21 Å². The van der Waals surface area contributed by atoms with Gasteiger partial charge in [-0.3, -0.25) is 17.6 Å². The number of imidazole rings is 1. The second-order valence-corrected chi connectivity index (χ2v) is 8.05. The van der Waals surface area contributed by atoms with E-state index in [2.05, 4.69) is 15.0 Å². The third kappa shape index (κ3) is 11.0. The number of hydrogen-bond acceptors (Lipinski definition) is 9. The Labute approximate surface area is 214 Å². The van der Waals surface area contributed by atoms with E-state index in [0.29, 0.717) is 5.16 Å². The maximum absolute atomic E-state index is 12.7. The van der Waals surface area contributed by atoms with E-state index < -0.39 is 21.2 Å². The van der Waals surface area contributed by atoms with Crippen LogP contribution < -0.4 is 9.47 Å². The average molecular weight is 538 g/mol. The number of benzene rings is 1. The van der Waals surface area contributed by atoms with Gasteiger partial charge in [0.05, 0.1) is 47.5 Å². The fourth-order valence-corrected chi connectivity index (χ4v) is 3.71. The second-order valence-electron chi connectivity index (χ2n) is 5.87. The van der Waals surface area contributed by atoms with Crippen LogP contribution in [0.15, 0.2) is 29.6 Å². The molecule has 17 heteroatoms. The zero-order valence-electron chi connectivity index (χ0n) is 18.8. The third-order valence-electron chi connectivity index (χ3n) is 3.90. The molecule has 0 saturated heterocycles. The number of H-pyrrole nitrogens is 1. The van der Waals surface area contributed by atoms with Gasteiger partial charge in [0, 0.05) is 33.8 Å². The van der Waals surface area contributed by atoms with Crippen molar-refractivity contribution < 1.29 is 53.1 Å². The average Bonchev–Trinajstić information content (AvgIpc) is 3.06. The van der Waals surface area contributed by atoms with Crippen molar-refractivity contribution in [3.05, 3.63) is 41.2 Å². The summed E-state index contributed by atoms with van der Waals surface area (Å²) in [6.45, 7) is 3.86. The van der Waals surface area contributed by atoms with Gasteiger partial charge in [-0.05, 0) is 26.0 Å². The number of nitrogens with zero attached hydrogens (tertiary/aromatic N) is 2. The predicted molar refractivity (Wildman–Crippen MR) is 124 cm³/mol. The maximum Gasteiger partial charge on any atom is 2.00 e. The summed E-state index contributed by atoms with van der Waals surface area (Å²) in [6, 6.07) is 5.50. The summed E-state index contributed by atoms with van der Waals surface area (Å²) in [5, 5.41) is 0.430. The van der Waals surface area contributed by atoms with Crippen molar-refractivity contribution >= 4 is 55.3 Å². The van der Waals surface area contributed by atoms with E-state index in [1.807, 2.05) is 32.0 Å². The Morgan fingerprint density at radius 1 is 1.06 bits per heavy atom. The van der Waals surface area contributed by atoms with Gasteiger partial charge >= 0.3 is 23.1 Å². The van der Waals surface area contributed by atoms with Gasteiger partial charge in [-0.15, -0.1) is 0 Å². The van der Waals surface area contributed by atoms with Gasteiger partial charge in [-0.1, -0.05) is 0 Å². The molecule has 0 aliphatic carbocycles. The van der Waals surface area contributed by atoms with Crippen molar-refractivity contribution in [3.63, 3.8) is 0 Å². The Morgan fingerprint density at radius 3 is 2.12 bits per heavy atom. The Hall–Kier alpha value is -1.93. The fourth-order valence-electron chi connectivity index (χ4n) is 2.61. The first kappa shape index (κ1) is 39.3. The number of rotatable bonds is 5. The fraction of sp³-hybridized carbons (Fsp3) is 0.294. The topological polar surface area (TPSA) is 283 Å². The molecule has 14 nitrogen and oxygen atoms in total. The van der Waals surface area contributed by atoms with Crippen LogP contribution in [0.5, 0.6) is 11.5 Å². The number of ether oxygens (including phenoxy) is 2. The first-order valence-corrected chi connectivity index (χ1v) is 10.8. The van der Waals surface area contributed by atoms with Crippen molar-refractivity contribution in [3.8, 4) is 11.5 Å². The van der Waals surface area contributed by atoms with Crippen molar-refractivity contribution in [2.75, 3.05) is 14.2 Å². The molecule has 1 atom stereocenters. The number of aryl methyl sites for hydroxylation is 1. The predicted octanol–water partition coefficient (Wildman–Crippen LogP) is -2.12. The smallest absolute Gasteiger partial charge is 0.759 e. The molecule has 3 rings (SSSR count). The minimum atomic E-state index is -5.17. The van der Waals surface area contributed by atoms with Crippen LogP contribution in [0.2, 0.25) is 0 Å².